The molecule has 0 fully saturated rings. The molecule has 3 amide bonds. The summed E-state index contributed by atoms with van der Waals surface area (Å²) in [7, 11) is 1.64. The van der Waals surface area contributed by atoms with Crippen molar-refractivity contribution >= 4 is 34.9 Å². The number of alkyl carbamates (subject to hydrolysis) is 1. The van der Waals surface area contributed by atoms with Gasteiger partial charge in [0.1, 0.15) is 5.60 Å². The van der Waals surface area contributed by atoms with Crippen molar-refractivity contribution in [2.24, 2.45) is 0 Å². The molecule has 0 aliphatic carbocycles. The molecule has 0 radical (unpaired) electrons. The first-order valence-electron chi connectivity index (χ1n) is 8.84. The molecule has 0 unspecified atom stereocenters. The maximum absolute atomic E-state index is 12.6. The highest BCUT2D eigenvalue weighted by Gasteiger charge is 2.20. The van der Waals surface area contributed by atoms with Gasteiger partial charge in [-0.05, 0) is 44.4 Å². The van der Waals surface area contributed by atoms with Crippen molar-refractivity contribution in [2.45, 2.75) is 26.4 Å². The average Bonchev–Trinajstić information content (AvgIpc) is 3.17. The normalized spacial score (nSPS) is 10.9. The van der Waals surface area contributed by atoms with Gasteiger partial charge in [0.05, 0.1) is 16.1 Å². The van der Waals surface area contributed by atoms with Gasteiger partial charge in [-0.3, -0.25) is 9.59 Å². The lowest BCUT2D eigenvalue weighted by atomic mass is 10.1. The van der Waals surface area contributed by atoms with Crippen LogP contribution in [0.2, 0.25) is 0 Å². The predicted octanol–water partition coefficient (Wildman–Crippen LogP) is 3.28. The summed E-state index contributed by atoms with van der Waals surface area (Å²) < 4.78 is 5.14. The van der Waals surface area contributed by atoms with Gasteiger partial charge in [-0.15, -0.1) is 11.3 Å². The van der Waals surface area contributed by atoms with Gasteiger partial charge < -0.3 is 20.3 Å². The summed E-state index contributed by atoms with van der Waals surface area (Å²) >= 11 is 1.35. The van der Waals surface area contributed by atoms with Gasteiger partial charge in [0.15, 0.2) is 0 Å². The van der Waals surface area contributed by atoms with Gasteiger partial charge in [0.2, 0.25) is 0 Å². The molecule has 0 saturated carbocycles. The third-order valence-corrected chi connectivity index (χ3v) is 4.48. The zero-order chi connectivity index (χ0) is 20.7. The molecule has 1 aromatic carbocycles. The van der Waals surface area contributed by atoms with E-state index in [-0.39, 0.29) is 24.9 Å². The summed E-state index contributed by atoms with van der Waals surface area (Å²) in [5, 5.41) is 7.15. The van der Waals surface area contributed by atoms with Gasteiger partial charge in [-0.1, -0.05) is 18.2 Å². The average molecular weight is 404 g/mol. The van der Waals surface area contributed by atoms with E-state index in [1.165, 1.54) is 16.2 Å². The zero-order valence-corrected chi connectivity index (χ0v) is 17.3. The molecule has 2 N–H and O–H groups in total. The van der Waals surface area contributed by atoms with Crippen LogP contribution in [-0.2, 0) is 4.74 Å². The highest BCUT2D eigenvalue weighted by atomic mass is 32.1. The third kappa shape index (κ3) is 6.09. The van der Waals surface area contributed by atoms with Crippen LogP contribution in [0, 0.1) is 0 Å². The first-order chi connectivity index (χ1) is 13.2. The van der Waals surface area contributed by atoms with Crippen LogP contribution < -0.4 is 15.5 Å². The molecule has 28 heavy (non-hydrogen) atoms. The van der Waals surface area contributed by atoms with Crippen LogP contribution in [0.5, 0.6) is 0 Å². The molecule has 0 bridgehead atoms. The van der Waals surface area contributed by atoms with E-state index in [1.807, 2.05) is 11.4 Å². The molecule has 1 heterocycles. The standard InChI is InChI=1S/C20H25N3O4S/c1-20(2,3)27-19(26)22-12-11-21-17(24)14-8-5-6-9-15(14)23(4)18(25)16-10-7-13-28-16/h5-10,13H,11-12H2,1-4H3,(H,21,24)(H,22,26). The summed E-state index contributed by atoms with van der Waals surface area (Å²) in [5.74, 6) is -0.505. The molecule has 0 saturated heterocycles. The van der Waals surface area contributed by atoms with Crippen LogP contribution in [0.25, 0.3) is 0 Å². The fourth-order valence-corrected chi connectivity index (χ4v) is 3.08. The Morgan fingerprint density at radius 2 is 1.71 bits per heavy atom. The molecule has 2 aromatic rings. The predicted molar refractivity (Wildman–Crippen MR) is 110 cm³/mol. The molecule has 150 valence electrons. The van der Waals surface area contributed by atoms with Crippen molar-refractivity contribution in [1.29, 1.82) is 0 Å². The molecule has 1 aromatic heterocycles. The third-order valence-electron chi connectivity index (χ3n) is 3.63. The van der Waals surface area contributed by atoms with E-state index in [1.54, 1.807) is 58.2 Å². The molecule has 0 spiro atoms. The molecular weight excluding hydrogens is 378 g/mol. The number of para-hydroxylation sites is 1. The van der Waals surface area contributed by atoms with Gasteiger partial charge in [0.25, 0.3) is 11.8 Å². The fraction of sp³-hybridized carbons (Fsp3) is 0.350. The van der Waals surface area contributed by atoms with Crippen LogP contribution in [0.1, 0.15) is 40.8 Å². The summed E-state index contributed by atoms with van der Waals surface area (Å²) in [6.45, 7) is 5.79. The topological polar surface area (TPSA) is 87.7 Å². The van der Waals surface area contributed by atoms with Crippen molar-refractivity contribution in [2.75, 3.05) is 25.0 Å². The van der Waals surface area contributed by atoms with Gasteiger partial charge in [0, 0.05) is 20.1 Å². The molecule has 0 aliphatic heterocycles. The van der Waals surface area contributed by atoms with Crippen molar-refractivity contribution < 1.29 is 19.1 Å². The Morgan fingerprint density at radius 1 is 1.04 bits per heavy atom. The number of carbonyl (C=O) groups is 3. The first kappa shape index (κ1) is 21.4. The number of nitrogens with zero attached hydrogens (tertiary/aromatic N) is 1. The largest absolute Gasteiger partial charge is 0.444 e. The number of hydrogen-bond acceptors (Lipinski definition) is 5. The van der Waals surface area contributed by atoms with E-state index in [0.29, 0.717) is 16.1 Å². The minimum atomic E-state index is -0.577. The summed E-state index contributed by atoms with van der Waals surface area (Å²) in [4.78, 5) is 38.8. The fourth-order valence-electron chi connectivity index (χ4n) is 2.38. The van der Waals surface area contributed by atoms with Gasteiger partial charge in [-0.25, -0.2) is 4.79 Å². The number of hydrogen-bond donors (Lipinski definition) is 2. The SMILES string of the molecule is CN(C(=O)c1cccs1)c1ccccc1C(=O)NCCNC(=O)OC(C)(C)C. The number of ether oxygens (including phenoxy) is 1. The lowest BCUT2D eigenvalue weighted by molar-refractivity contribution is 0.0526. The maximum atomic E-state index is 12.6. The highest BCUT2D eigenvalue weighted by Crippen LogP contribution is 2.22. The minimum Gasteiger partial charge on any atom is -0.444 e. The maximum Gasteiger partial charge on any atom is 0.407 e. The van der Waals surface area contributed by atoms with E-state index < -0.39 is 11.7 Å². The van der Waals surface area contributed by atoms with Gasteiger partial charge in [-0.2, -0.15) is 0 Å². The van der Waals surface area contributed by atoms with Crippen molar-refractivity contribution in [1.82, 2.24) is 10.6 Å². The molecule has 7 nitrogen and oxygen atoms in total. The van der Waals surface area contributed by atoms with Crippen LogP contribution >= 0.6 is 11.3 Å². The first-order valence-corrected chi connectivity index (χ1v) is 9.72. The number of amides is 3. The van der Waals surface area contributed by atoms with E-state index in [4.69, 9.17) is 4.74 Å². The van der Waals surface area contributed by atoms with E-state index in [9.17, 15) is 14.4 Å². The second kappa shape index (κ2) is 9.36. The van der Waals surface area contributed by atoms with Crippen molar-refractivity contribution in [3.05, 3.63) is 52.2 Å². The second-order valence-corrected chi connectivity index (χ2v) is 7.99. The zero-order valence-electron chi connectivity index (χ0n) is 16.4. The summed E-state index contributed by atoms with van der Waals surface area (Å²) in [6, 6.07) is 10.4. The molecule has 0 aliphatic rings. The number of anilines is 1. The molecule has 2 rings (SSSR count). The Balaban J connectivity index is 1.95. The number of nitrogens with one attached hydrogen (secondary N) is 2. The summed E-state index contributed by atoms with van der Waals surface area (Å²) in [6.07, 6.45) is -0.538. The van der Waals surface area contributed by atoms with Crippen LogP contribution in [0.15, 0.2) is 41.8 Å². The lowest BCUT2D eigenvalue weighted by Gasteiger charge is -2.20. The van der Waals surface area contributed by atoms with Crippen molar-refractivity contribution in [3.63, 3.8) is 0 Å². The summed E-state index contributed by atoms with van der Waals surface area (Å²) in [5.41, 5.74) is 0.317. The van der Waals surface area contributed by atoms with Crippen molar-refractivity contribution in [3.8, 4) is 0 Å². The monoisotopic (exact) mass is 403 g/mol. The molecule has 8 heteroatoms. The van der Waals surface area contributed by atoms with E-state index in [2.05, 4.69) is 10.6 Å². The Hall–Kier alpha value is -2.87. The van der Waals surface area contributed by atoms with Crippen LogP contribution in [0.3, 0.4) is 0 Å². The van der Waals surface area contributed by atoms with Gasteiger partial charge >= 0.3 is 6.09 Å². The van der Waals surface area contributed by atoms with E-state index in [0.717, 1.165) is 0 Å². The molecular formula is C20H25N3O4S. The highest BCUT2D eigenvalue weighted by molar-refractivity contribution is 7.12. The molecule has 0 atom stereocenters. The number of carbonyl (C=O) groups excluding carboxylic acids is 3. The second-order valence-electron chi connectivity index (χ2n) is 7.04. The quantitative estimate of drug-likeness (QED) is 0.725. The van der Waals surface area contributed by atoms with Crippen LogP contribution in [0.4, 0.5) is 10.5 Å². The number of rotatable bonds is 6. The minimum absolute atomic E-state index is 0.179. The van der Waals surface area contributed by atoms with Crippen LogP contribution in [-0.4, -0.2) is 43.6 Å². The smallest absolute Gasteiger partial charge is 0.407 e. The Labute approximate surface area is 168 Å². The Bertz CT molecular complexity index is 828. The Kier molecular flexibility index (Phi) is 7.17. The van der Waals surface area contributed by atoms with E-state index >= 15 is 0 Å². The number of thiophene rings is 1. The number of benzene rings is 1. The lowest BCUT2D eigenvalue weighted by Crippen LogP contribution is -2.38. The Morgan fingerprint density at radius 3 is 2.36 bits per heavy atom.